The molecule has 5 N–H and O–H groups in total. The summed E-state index contributed by atoms with van der Waals surface area (Å²) in [6.45, 7) is 1.64. The summed E-state index contributed by atoms with van der Waals surface area (Å²) in [5, 5.41) is 25.6. The Morgan fingerprint density at radius 1 is 1.07 bits per heavy atom. The number of nitrogens with one attached hydrogen (secondary N) is 3. The first kappa shape index (κ1) is 19.2. The van der Waals surface area contributed by atoms with Crippen LogP contribution in [-0.2, 0) is 11.2 Å². The number of hydrogen-bond donors (Lipinski definition) is 5. The van der Waals surface area contributed by atoms with E-state index in [2.05, 4.69) is 15.3 Å². The number of aromatic amines is 2. The SMILES string of the molecule is CC(=O)NCCc1c([C@H](c2c[nH]c3ccccc23)[C@H](O)CO)[nH]c2ccccc12. The van der Waals surface area contributed by atoms with Crippen molar-refractivity contribution in [1.29, 1.82) is 0 Å². The van der Waals surface area contributed by atoms with Gasteiger partial charge in [0.05, 0.1) is 18.6 Å². The van der Waals surface area contributed by atoms with Gasteiger partial charge in [0, 0.05) is 47.2 Å². The molecule has 29 heavy (non-hydrogen) atoms. The van der Waals surface area contributed by atoms with Gasteiger partial charge in [0.15, 0.2) is 0 Å². The standard InChI is InChI=1S/C23H25N3O3/c1-14(28)24-11-10-17-15-6-3-5-9-20(15)26-23(17)22(21(29)13-27)18-12-25-19-8-4-2-7-16(18)19/h2-9,12,21-22,25-27,29H,10-11,13H2,1H3,(H,24,28)/t21-,22-/m1/s1. The molecule has 0 saturated heterocycles. The summed E-state index contributed by atoms with van der Waals surface area (Å²) >= 11 is 0. The number of H-pyrrole nitrogens is 2. The Morgan fingerprint density at radius 3 is 2.48 bits per heavy atom. The summed E-state index contributed by atoms with van der Waals surface area (Å²) in [6, 6.07) is 15.9. The maximum atomic E-state index is 11.3. The van der Waals surface area contributed by atoms with Crippen LogP contribution in [0, 0.1) is 0 Å². The van der Waals surface area contributed by atoms with Crippen molar-refractivity contribution < 1.29 is 15.0 Å². The molecule has 0 saturated carbocycles. The highest BCUT2D eigenvalue weighted by molar-refractivity contribution is 5.87. The summed E-state index contributed by atoms with van der Waals surface area (Å²) in [4.78, 5) is 18.1. The third kappa shape index (κ3) is 3.64. The Morgan fingerprint density at radius 2 is 1.76 bits per heavy atom. The number of carbonyl (C=O) groups is 1. The summed E-state index contributed by atoms with van der Waals surface area (Å²) in [6.07, 6.45) is 1.55. The fourth-order valence-electron chi connectivity index (χ4n) is 4.13. The van der Waals surface area contributed by atoms with Crippen molar-refractivity contribution >= 4 is 27.7 Å². The molecule has 2 aromatic carbocycles. The number of para-hydroxylation sites is 2. The highest BCUT2D eigenvalue weighted by Gasteiger charge is 2.29. The first-order chi connectivity index (χ1) is 14.1. The second-order valence-electron chi connectivity index (χ2n) is 7.31. The molecule has 2 aromatic heterocycles. The number of hydrogen-bond acceptors (Lipinski definition) is 3. The summed E-state index contributed by atoms with van der Waals surface area (Å²) in [7, 11) is 0. The van der Waals surface area contributed by atoms with Crippen LogP contribution in [0.4, 0.5) is 0 Å². The number of aliphatic hydroxyl groups excluding tert-OH is 2. The summed E-state index contributed by atoms with van der Waals surface area (Å²) < 4.78 is 0. The fourth-order valence-corrected chi connectivity index (χ4v) is 4.13. The molecule has 0 aliphatic heterocycles. The second kappa shape index (κ2) is 8.11. The van der Waals surface area contributed by atoms with Crippen LogP contribution in [0.25, 0.3) is 21.8 Å². The first-order valence-electron chi connectivity index (χ1n) is 9.79. The minimum atomic E-state index is -0.971. The highest BCUT2D eigenvalue weighted by Crippen LogP contribution is 2.37. The predicted molar refractivity (Wildman–Crippen MR) is 114 cm³/mol. The lowest BCUT2D eigenvalue weighted by Crippen LogP contribution is -2.26. The van der Waals surface area contributed by atoms with E-state index in [-0.39, 0.29) is 12.5 Å². The molecule has 2 heterocycles. The van der Waals surface area contributed by atoms with E-state index >= 15 is 0 Å². The van der Waals surface area contributed by atoms with Gasteiger partial charge >= 0.3 is 0 Å². The van der Waals surface area contributed by atoms with Crippen molar-refractivity contribution in [2.24, 2.45) is 0 Å². The number of benzene rings is 2. The predicted octanol–water partition coefficient (Wildman–Crippen LogP) is 2.81. The fraction of sp³-hybridized carbons (Fsp3) is 0.261. The zero-order valence-corrected chi connectivity index (χ0v) is 16.3. The van der Waals surface area contributed by atoms with Gasteiger partial charge in [-0.2, -0.15) is 0 Å². The van der Waals surface area contributed by atoms with Gasteiger partial charge in [-0.15, -0.1) is 0 Å². The molecule has 0 fully saturated rings. The van der Waals surface area contributed by atoms with Crippen molar-refractivity contribution in [3.8, 4) is 0 Å². The lowest BCUT2D eigenvalue weighted by Gasteiger charge is -2.22. The monoisotopic (exact) mass is 391 g/mol. The van der Waals surface area contributed by atoms with E-state index in [9.17, 15) is 15.0 Å². The molecule has 0 bridgehead atoms. The Balaban J connectivity index is 1.87. The number of fused-ring (bicyclic) bond motifs is 2. The van der Waals surface area contributed by atoms with Crippen molar-refractivity contribution in [2.75, 3.05) is 13.2 Å². The van der Waals surface area contributed by atoms with E-state index in [4.69, 9.17) is 0 Å². The maximum absolute atomic E-state index is 11.3. The van der Waals surface area contributed by atoms with Crippen molar-refractivity contribution in [3.05, 3.63) is 71.5 Å². The second-order valence-corrected chi connectivity index (χ2v) is 7.31. The minimum absolute atomic E-state index is 0.0741. The number of aromatic nitrogens is 2. The van der Waals surface area contributed by atoms with Crippen LogP contribution in [0.5, 0.6) is 0 Å². The molecule has 150 valence electrons. The molecule has 0 aliphatic rings. The van der Waals surface area contributed by atoms with E-state index in [1.54, 1.807) is 0 Å². The molecule has 6 heteroatoms. The summed E-state index contributed by atoms with van der Waals surface area (Å²) in [5.74, 6) is -0.508. The van der Waals surface area contributed by atoms with E-state index in [1.165, 1.54) is 6.92 Å². The molecule has 0 unspecified atom stereocenters. The van der Waals surface area contributed by atoms with Gasteiger partial charge in [0.25, 0.3) is 0 Å². The van der Waals surface area contributed by atoms with Crippen LogP contribution >= 0.6 is 0 Å². The van der Waals surface area contributed by atoms with Gasteiger partial charge in [-0.05, 0) is 29.7 Å². The van der Waals surface area contributed by atoms with Gasteiger partial charge in [0.1, 0.15) is 0 Å². The van der Waals surface area contributed by atoms with Crippen LogP contribution in [0.1, 0.15) is 29.7 Å². The topological polar surface area (TPSA) is 101 Å². The molecular weight excluding hydrogens is 366 g/mol. The Labute approximate surface area is 168 Å². The van der Waals surface area contributed by atoms with Gasteiger partial charge in [-0.3, -0.25) is 4.79 Å². The Kier molecular flexibility index (Phi) is 5.38. The van der Waals surface area contributed by atoms with Crippen LogP contribution in [0.2, 0.25) is 0 Å². The number of amides is 1. The molecule has 2 atom stereocenters. The number of aliphatic hydroxyl groups is 2. The van der Waals surface area contributed by atoms with Crippen LogP contribution < -0.4 is 5.32 Å². The molecule has 1 amide bonds. The Hall–Kier alpha value is -3.09. The molecule has 0 spiro atoms. The quantitative estimate of drug-likeness (QED) is 0.335. The Bertz CT molecular complexity index is 1140. The minimum Gasteiger partial charge on any atom is -0.394 e. The van der Waals surface area contributed by atoms with Gasteiger partial charge in [0.2, 0.25) is 5.91 Å². The molecule has 4 rings (SSSR count). The van der Waals surface area contributed by atoms with E-state index in [0.717, 1.165) is 38.6 Å². The van der Waals surface area contributed by atoms with Crippen LogP contribution in [0.15, 0.2) is 54.7 Å². The zero-order valence-electron chi connectivity index (χ0n) is 16.3. The smallest absolute Gasteiger partial charge is 0.216 e. The molecule has 6 nitrogen and oxygen atoms in total. The third-order valence-electron chi connectivity index (χ3n) is 5.43. The first-order valence-corrected chi connectivity index (χ1v) is 9.79. The van der Waals surface area contributed by atoms with E-state index < -0.39 is 12.0 Å². The van der Waals surface area contributed by atoms with E-state index in [1.807, 2.05) is 54.7 Å². The number of rotatable bonds is 7. The lowest BCUT2D eigenvalue weighted by atomic mass is 9.87. The van der Waals surface area contributed by atoms with E-state index in [0.29, 0.717) is 13.0 Å². The zero-order chi connectivity index (χ0) is 20.4. The largest absolute Gasteiger partial charge is 0.394 e. The molecule has 0 aliphatic carbocycles. The van der Waals surface area contributed by atoms with Crippen LogP contribution in [0.3, 0.4) is 0 Å². The number of carbonyl (C=O) groups excluding carboxylic acids is 1. The van der Waals surface area contributed by atoms with Crippen molar-refractivity contribution in [1.82, 2.24) is 15.3 Å². The van der Waals surface area contributed by atoms with Crippen LogP contribution in [-0.4, -0.2) is 45.3 Å². The summed E-state index contributed by atoms with van der Waals surface area (Å²) in [5.41, 5.74) is 4.78. The van der Waals surface area contributed by atoms with Gasteiger partial charge in [-0.25, -0.2) is 0 Å². The van der Waals surface area contributed by atoms with Crippen molar-refractivity contribution in [3.63, 3.8) is 0 Å². The molecular formula is C23H25N3O3. The van der Waals surface area contributed by atoms with Crippen molar-refractivity contribution in [2.45, 2.75) is 25.4 Å². The maximum Gasteiger partial charge on any atom is 0.216 e. The third-order valence-corrected chi connectivity index (χ3v) is 5.43. The van der Waals surface area contributed by atoms with Gasteiger partial charge < -0.3 is 25.5 Å². The molecule has 0 radical (unpaired) electrons. The normalized spacial score (nSPS) is 13.6. The molecule has 4 aromatic rings. The highest BCUT2D eigenvalue weighted by atomic mass is 16.3. The van der Waals surface area contributed by atoms with Gasteiger partial charge in [-0.1, -0.05) is 36.4 Å². The lowest BCUT2D eigenvalue weighted by molar-refractivity contribution is -0.118. The average Bonchev–Trinajstić information content (AvgIpc) is 3.30. The average molecular weight is 391 g/mol.